The SMILES string of the molecule is CN1CCN(CC(=O)N[C@@H](CC(=O)c2cc(Br)c(N)c(Br)c2)C(=O)N2CCC(N3Cc4ccccc4NC3=O)CC2)CC1. The van der Waals surface area contributed by atoms with Gasteiger partial charge in [-0.2, -0.15) is 0 Å². The second-order valence-electron chi connectivity index (χ2n) is 11.5. The maximum atomic E-state index is 13.8. The number of anilines is 2. The summed E-state index contributed by atoms with van der Waals surface area (Å²) in [5.74, 6) is -0.854. The molecule has 1 atom stereocenters. The molecule has 2 saturated heterocycles. The van der Waals surface area contributed by atoms with Crippen molar-refractivity contribution in [1.82, 2.24) is 24.9 Å². The third-order valence-corrected chi connectivity index (χ3v) is 9.78. The summed E-state index contributed by atoms with van der Waals surface area (Å²) < 4.78 is 1.14. The molecule has 2 aromatic rings. The zero-order chi connectivity index (χ0) is 30.7. The first-order chi connectivity index (χ1) is 20.6. The van der Waals surface area contributed by atoms with E-state index in [0.717, 1.165) is 37.4 Å². The summed E-state index contributed by atoms with van der Waals surface area (Å²) in [6.45, 7) is 4.79. The van der Waals surface area contributed by atoms with Gasteiger partial charge < -0.3 is 31.1 Å². The van der Waals surface area contributed by atoms with Gasteiger partial charge in [-0.3, -0.25) is 19.3 Å². The van der Waals surface area contributed by atoms with E-state index in [1.807, 2.05) is 36.2 Å². The minimum Gasteiger partial charge on any atom is -0.397 e. The van der Waals surface area contributed by atoms with E-state index in [9.17, 15) is 19.2 Å². The summed E-state index contributed by atoms with van der Waals surface area (Å²) in [4.78, 5) is 61.0. The topological polar surface area (TPSA) is 131 Å². The number of likely N-dealkylation sites (tertiary alicyclic amines) is 1. The molecule has 3 heterocycles. The minimum absolute atomic E-state index is 0.0196. The third kappa shape index (κ3) is 7.57. The first-order valence-corrected chi connectivity index (χ1v) is 16.1. The number of rotatable bonds is 8. The number of nitrogens with one attached hydrogen (secondary N) is 2. The summed E-state index contributed by atoms with van der Waals surface area (Å²) in [6, 6.07) is 9.85. The van der Waals surface area contributed by atoms with Crippen LogP contribution in [-0.2, 0) is 16.1 Å². The summed E-state index contributed by atoms with van der Waals surface area (Å²) >= 11 is 6.76. The lowest BCUT2D eigenvalue weighted by molar-refractivity contribution is -0.138. The zero-order valence-electron chi connectivity index (χ0n) is 24.2. The van der Waals surface area contributed by atoms with Crippen LogP contribution >= 0.6 is 31.9 Å². The van der Waals surface area contributed by atoms with Gasteiger partial charge in [-0.25, -0.2) is 4.79 Å². The van der Waals surface area contributed by atoms with Crippen molar-refractivity contribution in [3.05, 3.63) is 56.5 Å². The van der Waals surface area contributed by atoms with E-state index in [4.69, 9.17) is 5.73 Å². The number of benzene rings is 2. The molecule has 0 unspecified atom stereocenters. The Balaban J connectivity index is 1.25. The van der Waals surface area contributed by atoms with Crippen molar-refractivity contribution < 1.29 is 19.2 Å². The van der Waals surface area contributed by atoms with Gasteiger partial charge in [-0.05, 0) is 75.5 Å². The smallest absolute Gasteiger partial charge is 0.322 e. The molecule has 0 saturated carbocycles. The molecule has 0 aliphatic carbocycles. The highest BCUT2D eigenvalue weighted by Gasteiger charge is 2.35. The van der Waals surface area contributed by atoms with Gasteiger partial charge in [0, 0.05) is 78.5 Å². The Hall–Kier alpha value is -3.00. The first kappa shape index (κ1) is 31.4. The molecule has 13 heteroatoms. The Morgan fingerprint density at radius 1 is 1.02 bits per heavy atom. The number of ketones is 1. The van der Waals surface area contributed by atoms with Crippen LogP contribution in [0.15, 0.2) is 45.3 Å². The quantitative estimate of drug-likeness (QED) is 0.283. The molecule has 0 aromatic heterocycles. The number of para-hydroxylation sites is 1. The molecule has 230 valence electrons. The summed E-state index contributed by atoms with van der Waals surface area (Å²) in [5.41, 5.74) is 8.74. The van der Waals surface area contributed by atoms with Crippen molar-refractivity contribution in [3.63, 3.8) is 0 Å². The number of urea groups is 1. The van der Waals surface area contributed by atoms with E-state index in [-0.39, 0.29) is 42.6 Å². The van der Waals surface area contributed by atoms with Crippen molar-refractivity contribution in [2.45, 2.75) is 37.9 Å². The van der Waals surface area contributed by atoms with Crippen molar-refractivity contribution in [2.75, 3.05) is 63.9 Å². The second kappa shape index (κ2) is 13.7. The number of piperazine rings is 1. The van der Waals surface area contributed by atoms with Crippen LogP contribution in [0, 0.1) is 0 Å². The molecule has 3 aliphatic heterocycles. The number of fused-ring (bicyclic) bond motifs is 1. The van der Waals surface area contributed by atoms with Crippen LogP contribution in [0.25, 0.3) is 0 Å². The number of hydrogen-bond acceptors (Lipinski definition) is 7. The van der Waals surface area contributed by atoms with E-state index in [1.54, 1.807) is 17.0 Å². The van der Waals surface area contributed by atoms with Gasteiger partial charge in [0.05, 0.1) is 12.2 Å². The Kier molecular flexibility index (Phi) is 10.0. The molecule has 3 aliphatic rings. The Labute approximate surface area is 268 Å². The van der Waals surface area contributed by atoms with Gasteiger partial charge >= 0.3 is 6.03 Å². The van der Waals surface area contributed by atoms with E-state index in [0.29, 0.717) is 52.7 Å². The van der Waals surface area contributed by atoms with Gasteiger partial charge in [-0.1, -0.05) is 18.2 Å². The molecule has 0 bridgehead atoms. The molecule has 0 radical (unpaired) electrons. The molecule has 0 spiro atoms. The van der Waals surface area contributed by atoms with Crippen LogP contribution in [-0.4, -0.2) is 108 Å². The number of nitrogen functional groups attached to an aromatic ring is 1. The molecule has 5 rings (SSSR count). The predicted octanol–water partition coefficient (Wildman–Crippen LogP) is 3.14. The van der Waals surface area contributed by atoms with Crippen molar-refractivity contribution in [1.29, 1.82) is 0 Å². The number of nitrogens with two attached hydrogens (primary N) is 1. The van der Waals surface area contributed by atoms with Crippen LogP contribution in [0.2, 0.25) is 0 Å². The third-order valence-electron chi connectivity index (χ3n) is 8.46. The van der Waals surface area contributed by atoms with Gasteiger partial charge in [0.25, 0.3) is 0 Å². The number of hydrogen-bond donors (Lipinski definition) is 3. The highest BCUT2D eigenvalue weighted by Crippen LogP contribution is 2.31. The molecule has 2 fully saturated rings. The number of amides is 4. The highest BCUT2D eigenvalue weighted by atomic mass is 79.9. The summed E-state index contributed by atoms with van der Waals surface area (Å²) in [5, 5.41) is 5.84. The average molecular weight is 719 g/mol. The summed E-state index contributed by atoms with van der Waals surface area (Å²) in [7, 11) is 2.05. The summed E-state index contributed by atoms with van der Waals surface area (Å²) in [6.07, 6.45) is 1.03. The lowest BCUT2D eigenvalue weighted by Crippen LogP contribution is -2.56. The lowest BCUT2D eigenvalue weighted by atomic mass is 9.98. The van der Waals surface area contributed by atoms with E-state index >= 15 is 0 Å². The Morgan fingerprint density at radius 3 is 2.35 bits per heavy atom. The predicted molar refractivity (Wildman–Crippen MR) is 172 cm³/mol. The fourth-order valence-electron chi connectivity index (χ4n) is 5.83. The molecular formula is C30H37Br2N7O4. The number of carbonyl (C=O) groups is 4. The fraction of sp³-hybridized carbons (Fsp3) is 0.467. The fourth-order valence-corrected chi connectivity index (χ4v) is 7.02. The minimum atomic E-state index is -1.01. The molecule has 4 amide bonds. The van der Waals surface area contributed by atoms with Crippen LogP contribution < -0.4 is 16.4 Å². The highest BCUT2D eigenvalue weighted by molar-refractivity contribution is 9.11. The van der Waals surface area contributed by atoms with Crippen molar-refractivity contribution in [3.8, 4) is 0 Å². The average Bonchev–Trinajstić information content (AvgIpc) is 2.99. The van der Waals surface area contributed by atoms with Gasteiger partial charge in [0.15, 0.2) is 5.78 Å². The number of halogens is 2. The van der Waals surface area contributed by atoms with Gasteiger partial charge in [0.1, 0.15) is 6.04 Å². The van der Waals surface area contributed by atoms with Crippen LogP contribution in [0.3, 0.4) is 0 Å². The van der Waals surface area contributed by atoms with Crippen LogP contribution in [0.4, 0.5) is 16.2 Å². The number of Topliss-reactive ketones (excluding diaryl/α,β-unsaturated/α-hetero) is 1. The molecule has 43 heavy (non-hydrogen) atoms. The van der Waals surface area contributed by atoms with Gasteiger partial charge in [0.2, 0.25) is 11.8 Å². The Bertz CT molecular complexity index is 1370. The monoisotopic (exact) mass is 717 g/mol. The van der Waals surface area contributed by atoms with E-state index in [1.165, 1.54) is 0 Å². The van der Waals surface area contributed by atoms with Crippen molar-refractivity contribution >= 4 is 66.9 Å². The molecule has 11 nitrogen and oxygen atoms in total. The molecule has 2 aromatic carbocycles. The maximum absolute atomic E-state index is 13.8. The Morgan fingerprint density at radius 2 is 1.67 bits per heavy atom. The van der Waals surface area contributed by atoms with Crippen LogP contribution in [0.5, 0.6) is 0 Å². The van der Waals surface area contributed by atoms with Gasteiger partial charge in [-0.15, -0.1) is 0 Å². The van der Waals surface area contributed by atoms with Crippen molar-refractivity contribution in [2.24, 2.45) is 0 Å². The standard InChI is InChI=1S/C30H37Br2N7O4/c1-36-10-12-37(13-11-36)18-27(41)34-25(16-26(40)20-14-22(31)28(33)23(32)15-20)29(42)38-8-6-21(7-9-38)39-17-19-4-2-3-5-24(19)35-30(39)43/h2-5,14-15,21,25H,6-13,16-18,33H2,1H3,(H,34,41)(H,35,43)/t25-/m0/s1. The van der Waals surface area contributed by atoms with E-state index in [2.05, 4.69) is 52.3 Å². The van der Waals surface area contributed by atoms with Crippen LogP contribution in [0.1, 0.15) is 35.2 Å². The number of nitrogens with zero attached hydrogens (tertiary/aromatic N) is 4. The first-order valence-electron chi connectivity index (χ1n) is 14.5. The second-order valence-corrected chi connectivity index (χ2v) is 13.2. The zero-order valence-corrected chi connectivity index (χ0v) is 27.3. The lowest BCUT2D eigenvalue weighted by Gasteiger charge is -2.41. The molecule has 4 N–H and O–H groups in total. The number of likely N-dealkylation sites (N-methyl/N-ethyl adjacent to an activating group) is 1. The number of carbonyl (C=O) groups excluding carboxylic acids is 4. The van der Waals surface area contributed by atoms with E-state index < -0.39 is 6.04 Å². The number of piperidine rings is 1. The normalized spacial score (nSPS) is 19.0. The maximum Gasteiger partial charge on any atom is 0.322 e. The largest absolute Gasteiger partial charge is 0.397 e. The molecular weight excluding hydrogens is 682 g/mol.